The lowest BCUT2D eigenvalue weighted by Gasteiger charge is -2.12. The molecule has 0 aliphatic carbocycles. The number of ether oxygens (including phenoxy) is 1. The van der Waals surface area contributed by atoms with Gasteiger partial charge in [-0.1, -0.05) is 27.7 Å². The number of nitrogens with one attached hydrogen (secondary N) is 1. The molecule has 4 nitrogen and oxygen atoms in total. The van der Waals surface area contributed by atoms with Crippen LogP contribution in [0.2, 0.25) is 0 Å². The highest BCUT2D eigenvalue weighted by molar-refractivity contribution is 7.09. The van der Waals surface area contributed by atoms with E-state index in [1.165, 1.54) is 11.5 Å². The van der Waals surface area contributed by atoms with Gasteiger partial charge in [-0.3, -0.25) is 0 Å². The molecule has 0 spiro atoms. The smallest absolute Gasteiger partial charge is 0.202 e. The number of aromatic nitrogens is 2. The van der Waals surface area contributed by atoms with Crippen LogP contribution in [0.5, 0.6) is 0 Å². The molecule has 0 aliphatic rings. The summed E-state index contributed by atoms with van der Waals surface area (Å²) >= 11 is 1.42. The molecule has 0 amide bonds. The Kier molecular flexibility index (Phi) is 4.68. The van der Waals surface area contributed by atoms with Crippen LogP contribution >= 0.6 is 11.5 Å². The van der Waals surface area contributed by atoms with Gasteiger partial charge in [-0.2, -0.15) is 4.37 Å². The fourth-order valence-electron chi connectivity index (χ4n) is 1.20. The normalized spacial score (nSPS) is 13.8. The number of methoxy groups -OCH3 is 1. The number of rotatable bonds is 5. The van der Waals surface area contributed by atoms with Gasteiger partial charge >= 0.3 is 0 Å². The molecule has 0 bridgehead atoms. The molecule has 1 unspecified atom stereocenters. The lowest BCUT2D eigenvalue weighted by molar-refractivity contribution is 0.164. The molecule has 92 valence electrons. The average molecular weight is 243 g/mol. The predicted octanol–water partition coefficient (Wildman–Crippen LogP) is 2.53. The largest absolute Gasteiger partial charge is 0.384 e. The van der Waals surface area contributed by atoms with Crippen molar-refractivity contribution >= 4 is 16.7 Å². The molecule has 1 rings (SSSR count). The molecule has 1 heterocycles. The molecule has 0 radical (unpaired) electrons. The van der Waals surface area contributed by atoms with E-state index in [0.717, 1.165) is 24.1 Å². The maximum absolute atomic E-state index is 5.08. The van der Waals surface area contributed by atoms with Crippen molar-refractivity contribution in [3.63, 3.8) is 0 Å². The molecule has 0 saturated heterocycles. The zero-order chi connectivity index (χ0) is 12.2. The second-order valence-corrected chi connectivity index (χ2v) is 5.87. The first-order valence-electron chi connectivity index (χ1n) is 5.50. The second kappa shape index (κ2) is 5.59. The van der Waals surface area contributed by atoms with Crippen molar-refractivity contribution in [1.82, 2.24) is 9.36 Å². The van der Waals surface area contributed by atoms with E-state index in [4.69, 9.17) is 4.74 Å². The van der Waals surface area contributed by atoms with Crippen molar-refractivity contribution in [2.45, 2.75) is 33.1 Å². The van der Waals surface area contributed by atoms with Crippen molar-refractivity contribution in [2.75, 3.05) is 25.6 Å². The van der Waals surface area contributed by atoms with E-state index in [-0.39, 0.29) is 5.41 Å². The highest BCUT2D eigenvalue weighted by atomic mass is 32.1. The highest BCUT2D eigenvalue weighted by Crippen LogP contribution is 2.22. The summed E-state index contributed by atoms with van der Waals surface area (Å²) in [4.78, 5) is 4.47. The van der Waals surface area contributed by atoms with Crippen LogP contribution in [0.4, 0.5) is 5.13 Å². The minimum absolute atomic E-state index is 0.0224. The summed E-state index contributed by atoms with van der Waals surface area (Å²) in [5, 5.41) is 4.18. The van der Waals surface area contributed by atoms with Gasteiger partial charge in [0.25, 0.3) is 0 Å². The SMILES string of the molecule is COCC(C)CNc1nc(C(C)(C)C)ns1. The Bertz CT molecular complexity index is 319. The van der Waals surface area contributed by atoms with Crippen LogP contribution in [-0.4, -0.2) is 29.6 Å². The van der Waals surface area contributed by atoms with Crippen LogP contribution in [0.3, 0.4) is 0 Å². The van der Waals surface area contributed by atoms with E-state index >= 15 is 0 Å². The van der Waals surface area contributed by atoms with Gasteiger partial charge in [0.05, 0.1) is 6.61 Å². The number of nitrogens with zero attached hydrogens (tertiary/aromatic N) is 2. The van der Waals surface area contributed by atoms with Gasteiger partial charge in [0.2, 0.25) is 5.13 Å². The number of anilines is 1. The third-order valence-corrected chi connectivity index (χ3v) is 2.82. The van der Waals surface area contributed by atoms with Gasteiger partial charge in [-0.25, -0.2) is 4.98 Å². The first-order chi connectivity index (χ1) is 7.43. The summed E-state index contributed by atoms with van der Waals surface area (Å²) < 4.78 is 9.43. The summed E-state index contributed by atoms with van der Waals surface area (Å²) in [6.07, 6.45) is 0. The van der Waals surface area contributed by atoms with Crippen molar-refractivity contribution in [1.29, 1.82) is 0 Å². The van der Waals surface area contributed by atoms with Gasteiger partial charge < -0.3 is 10.1 Å². The van der Waals surface area contributed by atoms with Crippen LogP contribution in [0.25, 0.3) is 0 Å². The van der Waals surface area contributed by atoms with E-state index in [0.29, 0.717) is 5.92 Å². The summed E-state index contributed by atoms with van der Waals surface area (Å²) in [7, 11) is 1.72. The molecule has 1 aromatic heterocycles. The Morgan fingerprint density at radius 3 is 2.62 bits per heavy atom. The van der Waals surface area contributed by atoms with Crippen LogP contribution in [0.1, 0.15) is 33.5 Å². The van der Waals surface area contributed by atoms with E-state index in [2.05, 4.69) is 42.4 Å². The quantitative estimate of drug-likeness (QED) is 0.863. The van der Waals surface area contributed by atoms with Crippen molar-refractivity contribution < 1.29 is 4.74 Å². The summed E-state index contributed by atoms with van der Waals surface area (Å²) in [6.45, 7) is 10.1. The van der Waals surface area contributed by atoms with Crippen molar-refractivity contribution in [2.24, 2.45) is 5.92 Å². The van der Waals surface area contributed by atoms with Crippen molar-refractivity contribution in [3.8, 4) is 0 Å². The van der Waals surface area contributed by atoms with Crippen LogP contribution in [0.15, 0.2) is 0 Å². The summed E-state index contributed by atoms with van der Waals surface area (Å²) in [6, 6.07) is 0. The third-order valence-electron chi connectivity index (χ3n) is 2.15. The maximum atomic E-state index is 5.08. The molecule has 0 fully saturated rings. The molecule has 0 aromatic carbocycles. The number of hydrogen-bond donors (Lipinski definition) is 1. The van der Waals surface area contributed by atoms with E-state index in [9.17, 15) is 0 Å². The van der Waals surface area contributed by atoms with E-state index in [1.54, 1.807) is 7.11 Å². The Labute approximate surface area is 102 Å². The van der Waals surface area contributed by atoms with E-state index in [1.807, 2.05) is 0 Å². The molecular formula is C11H21N3OS. The number of hydrogen-bond acceptors (Lipinski definition) is 5. The van der Waals surface area contributed by atoms with Crippen LogP contribution in [-0.2, 0) is 10.2 Å². The highest BCUT2D eigenvalue weighted by Gasteiger charge is 2.19. The van der Waals surface area contributed by atoms with Gasteiger partial charge in [-0.15, -0.1) is 0 Å². The standard InChI is InChI=1S/C11H21N3OS/c1-8(7-15-5)6-12-10-13-9(14-16-10)11(2,3)4/h8H,6-7H2,1-5H3,(H,12,13,14). The van der Waals surface area contributed by atoms with Gasteiger partial charge in [-0.05, 0) is 5.92 Å². The van der Waals surface area contributed by atoms with E-state index < -0.39 is 0 Å². The van der Waals surface area contributed by atoms with Gasteiger partial charge in [0, 0.05) is 30.6 Å². The molecule has 1 atom stereocenters. The lowest BCUT2D eigenvalue weighted by atomic mass is 9.96. The minimum atomic E-state index is 0.0224. The van der Waals surface area contributed by atoms with Gasteiger partial charge in [0.1, 0.15) is 5.82 Å². The second-order valence-electron chi connectivity index (χ2n) is 5.11. The summed E-state index contributed by atoms with van der Waals surface area (Å²) in [5.74, 6) is 1.38. The molecule has 5 heteroatoms. The maximum Gasteiger partial charge on any atom is 0.202 e. The zero-order valence-electron chi connectivity index (χ0n) is 10.7. The zero-order valence-corrected chi connectivity index (χ0v) is 11.5. The molecule has 1 N–H and O–H groups in total. The lowest BCUT2D eigenvalue weighted by Crippen LogP contribution is -2.16. The fourth-order valence-corrected chi connectivity index (χ4v) is 1.97. The van der Waals surface area contributed by atoms with Gasteiger partial charge in [0.15, 0.2) is 0 Å². The monoisotopic (exact) mass is 243 g/mol. The average Bonchev–Trinajstić information content (AvgIpc) is 2.63. The fraction of sp³-hybridized carbons (Fsp3) is 0.818. The van der Waals surface area contributed by atoms with Crippen LogP contribution < -0.4 is 5.32 Å². The topological polar surface area (TPSA) is 47.0 Å². The molecule has 0 saturated carbocycles. The summed E-state index contributed by atoms with van der Waals surface area (Å²) in [5.41, 5.74) is 0.0224. The molecule has 16 heavy (non-hydrogen) atoms. The Hall–Kier alpha value is -0.680. The Morgan fingerprint density at radius 2 is 2.12 bits per heavy atom. The molecule has 0 aliphatic heterocycles. The van der Waals surface area contributed by atoms with Crippen LogP contribution in [0, 0.1) is 5.92 Å². The first-order valence-corrected chi connectivity index (χ1v) is 6.28. The predicted molar refractivity (Wildman–Crippen MR) is 68.1 cm³/mol. The first kappa shape index (κ1) is 13.4. The Morgan fingerprint density at radius 1 is 1.44 bits per heavy atom. The third kappa shape index (κ3) is 4.06. The minimum Gasteiger partial charge on any atom is -0.384 e. The molecule has 1 aromatic rings. The molecular weight excluding hydrogens is 222 g/mol. The van der Waals surface area contributed by atoms with Crippen molar-refractivity contribution in [3.05, 3.63) is 5.82 Å². The Balaban J connectivity index is 2.47.